The minimum absolute atomic E-state index is 0. The number of carbonyl (C=O) groups is 1. The summed E-state index contributed by atoms with van der Waals surface area (Å²) < 4.78 is 0. The van der Waals surface area contributed by atoms with Crippen LogP contribution in [0, 0.1) is 16.7 Å². The lowest BCUT2D eigenvalue weighted by Gasteiger charge is -2.16. The second kappa shape index (κ2) is 7.78. The van der Waals surface area contributed by atoms with E-state index < -0.39 is 5.41 Å². The van der Waals surface area contributed by atoms with Crippen molar-refractivity contribution in [2.24, 2.45) is 11.1 Å². The topological polar surface area (TPSA) is 78.9 Å². The molecule has 0 aromatic heterocycles. The highest BCUT2D eigenvalue weighted by atomic mass is 35.5. The van der Waals surface area contributed by atoms with E-state index in [9.17, 15) is 4.79 Å². The summed E-state index contributed by atoms with van der Waals surface area (Å²) >= 11 is 0. The maximum atomic E-state index is 12.0. The highest BCUT2D eigenvalue weighted by molar-refractivity contribution is 5.95. The zero-order chi connectivity index (χ0) is 13.6. The van der Waals surface area contributed by atoms with Crippen LogP contribution in [-0.2, 0) is 6.42 Å². The first-order valence-electron chi connectivity index (χ1n) is 5.97. The number of hydrogen-bond acceptors (Lipinski definition) is 3. The maximum absolute atomic E-state index is 12.0. The van der Waals surface area contributed by atoms with Crippen LogP contribution in [0.1, 0.15) is 29.8 Å². The standard InChI is InChI=1S/C14H19N3O.ClH/c1-14(2,9-16)10-17-13(18)12-6-4-3-5-11(12)7-8-15;/h3-6H,7-8,10,15H2,1-2H3,(H,17,18);1H. The van der Waals surface area contributed by atoms with Gasteiger partial charge in [0.2, 0.25) is 0 Å². The predicted molar refractivity (Wildman–Crippen MR) is 78.2 cm³/mol. The van der Waals surface area contributed by atoms with Crippen molar-refractivity contribution in [3.8, 4) is 6.07 Å². The third-order valence-corrected chi connectivity index (χ3v) is 2.67. The molecule has 0 radical (unpaired) electrons. The molecule has 0 spiro atoms. The van der Waals surface area contributed by atoms with Crippen LogP contribution in [0.25, 0.3) is 0 Å². The lowest BCUT2D eigenvalue weighted by molar-refractivity contribution is 0.0943. The fourth-order valence-electron chi connectivity index (χ4n) is 1.55. The molecule has 4 nitrogen and oxygen atoms in total. The van der Waals surface area contributed by atoms with Gasteiger partial charge in [0.05, 0.1) is 11.5 Å². The first-order valence-corrected chi connectivity index (χ1v) is 5.97. The van der Waals surface area contributed by atoms with E-state index in [1.54, 1.807) is 19.9 Å². The fraction of sp³-hybridized carbons (Fsp3) is 0.429. The number of nitrogens with zero attached hydrogens (tertiary/aromatic N) is 1. The van der Waals surface area contributed by atoms with Crippen molar-refractivity contribution in [1.29, 1.82) is 5.26 Å². The van der Waals surface area contributed by atoms with E-state index in [1.807, 2.05) is 18.2 Å². The summed E-state index contributed by atoms with van der Waals surface area (Å²) in [6.07, 6.45) is 0.672. The largest absolute Gasteiger partial charge is 0.350 e. The normalized spacial score (nSPS) is 10.2. The number of carbonyl (C=O) groups excluding carboxylic acids is 1. The Morgan fingerprint density at radius 1 is 1.42 bits per heavy atom. The Balaban J connectivity index is 0.00000324. The van der Waals surface area contributed by atoms with Crippen molar-refractivity contribution >= 4 is 18.3 Å². The fourth-order valence-corrected chi connectivity index (χ4v) is 1.55. The van der Waals surface area contributed by atoms with Crippen LogP contribution in [0.15, 0.2) is 24.3 Å². The van der Waals surface area contributed by atoms with Crippen LogP contribution in [-0.4, -0.2) is 19.0 Å². The monoisotopic (exact) mass is 281 g/mol. The van der Waals surface area contributed by atoms with E-state index in [0.29, 0.717) is 25.1 Å². The van der Waals surface area contributed by atoms with Crippen molar-refractivity contribution in [2.75, 3.05) is 13.1 Å². The molecule has 1 rings (SSSR count). The lowest BCUT2D eigenvalue weighted by atomic mass is 9.95. The van der Waals surface area contributed by atoms with Gasteiger partial charge in [0.15, 0.2) is 0 Å². The number of amides is 1. The van der Waals surface area contributed by atoms with Gasteiger partial charge in [-0.1, -0.05) is 18.2 Å². The lowest BCUT2D eigenvalue weighted by Crippen LogP contribution is -2.33. The van der Waals surface area contributed by atoms with Gasteiger partial charge in [-0.05, 0) is 38.4 Å². The molecular formula is C14H20ClN3O. The molecule has 5 heteroatoms. The van der Waals surface area contributed by atoms with E-state index in [1.165, 1.54) is 0 Å². The second-order valence-electron chi connectivity index (χ2n) is 4.87. The first-order chi connectivity index (χ1) is 8.50. The van der Waals surface area contributed by atoms with Crippen LogP contribution in [0.3, 0.4) is 0 Å². The Kier molecular flexibility index (Phi) is 7.13. The van der Waals surface area contributed by atoms with Gasteiger partial charge in [0.1, 0.15) is 0 Å². The number of nitrogens with one attached hydrogen (secondary N) is 1. The molecule has 0 aliphatic heterocycles. The van der Waals surface area contributed by atoms with Gasteiger partial charge in [-0.2, -0.15) is 5.26 Å². The summed E-state index contributed by atoms with van der Waals surface area (Å²) in [5.41, 5.74) is 6.54. The van der Waals surface area contributed by atoms with E-state index in [2.05, 4.69) is 11.4 Å². The number of rotatable bonds is 5. The van der Waals surface area contributed by atoms with Crippen LogP contribution >= 0.6 is 12.4 Å². The third-order valence-electron chi connectivity index (χ3n) is 2.67. The molecule has 19 heavy (non-hydrogen) atoms. The number of halogens is 1. The molecule has 0 bridgehead atoms. The van der Waals surface area contributed by atoms with Gasteiger partial charge in [0, 0.05) is 12.1 Å². The Morgan fingerprint density at radius 2 is 2.05 bits per heavy atom. The van der Waals surface area contributed by atoms with Crippen molar-refractivity contribution < 1.29 is 4.79 Å². The van der Waals surface area contributed by atoms with E-state index >= 15 is 0 Å². The highest BCUT2D eigenvalue weighted by Crippen LogP contribution is 2.13. The van der Waals surface area contributed by atoms with Crippen LogP contribution in [0.2, 0.25) is 0 Å². The van der Waals surface area contributed by atoms with Crippen molar-refractivity contribution in [2.45, 2.75) is 20.3 Å². The smallest absolute Gasteiger partial charge is 0.251 e. The molecule has 0 atom stereocenters. The van der Waals surface area contributed by atoms with E-state index in [0.717, 1.165) is 5.56 Å². The van der Waals surface area contributed by atoms with Crippen molar-refractivity contribution in [3.63, 3.8) is 0 Å². The van der Waals surface area contributed by atoms with Gasteiger partial charge in [-0.15, -0.1) is 12.4 Å². The van der Waals surface area contributed by atoms with Gasteiger partial charge >= 0.3 is 0 Å². The molecule has 0 saturated carbocycles. The van der Waals surface area contributed by atoms with Crippen molar-refractivity contribution in [1.82, 2.24) is 5.32 Å². The van der Waals surface area contributed by atoms with E-state index in [4.69, 9.17) is 11.0 Å². The summed E-state index contributed by atoms with van der Waals surface area (Å²) in [6, 6.07) is 9.54. The Labute approximate surface area is 120 Å². The van der Waals surface area contributed by atoms with E-state index in [-0.39, 0.29) is 18.3 Å². The molecule has 1 amide bonds. The molecule has 1 aromatic carbocycles. The predicted octanol–water partition coefficient (Wildman–Crippen LogP) is 1.89. The van der Waals surface area contributed by atoms with Gasteiger partial charge in [0.25, 0.3) is 5.91 Å². The minimum atomic E-state index is -0.557. The summed E-state index contributed by atoms with van der Waals surface area (Å²) in [7, 11) is 0. The molecule has 0 aliphatic rings. The first kappa shape index (κ1) is 17.4. The van der Waals surface area contributed by atoms with Crippen LogP contribution < -0.4 is 11.1 Å². The molecule has 0 fully saturated rings. The number of nitrogens with two attached hydrogens (primary N) is 1. The summed E-state index contributed by atoms with van der Waals surface area (Å²) in [4.78, 5) is 12.0. The van der Waals surface area contributed by atoms with Gasteiger partial charge in [-0.25, -0.2) is 0 Å². The molecule has 3 N–H and O–H groups in total. The Hall–Kier alpha value is -1.57. The SMILES string of the molecule is CC(C)(C#N)CNC(=O)c1ccccc1CCN.Cl. The highest BCUT2D eigenvalue weighted by Gasteiger charge is 2.19. The average molecular weight is 282 g/mol. The third kappa shape index (κ3) is 5.29. The molecule has 0 saturated heterocycles. The summed E-state index contributed by atoms with van der Waals surface area (Å²) in [5.74, 6) is -0.151. The zero-order valence-corrected chi connectivity index (χ0v) is 12.1. The molecular weight excluding hydrogens is 262 g/mol. The number of benzene rings is 1. The van der Waals surface area contributed by atoms with Crippen molar-refractivity contribution in [3.05, 3.63) is 35.4 Å². The Bertz CT molecular complexity index is 466. The zero-order valence-electron chi connectivity index (χ0n) is 11.3. The molecule has 0 aliphatic carbocycles. The van der Waals surface area contributed by atoms with Gasteiger partial charge < -0.3 is 11.1 Å². The number of hydrogen-bond donors (Lipinski definition) is 2. The quantitative estimate of drug-likeness (QED) is 0.865. The van der Waals surface area contributed by atoms with Crippen LogP contribution in [0.4, 0.5) is 0 Å². The molecule has 1 aromatic rings. The maximum Gasteiger partial charge on any atom is 0.251 e. The Morgan fingerprint density at radius 3 is 2.63 bits per heavy atom. The number of nitriles is 1. The summed E-state index contributed by atoms with van der Waals surface area (Å²) in [5, 5.41) is 11.7. The van der Waals surface area contributed by atoms with Gasteiger partial charge in [-0.3, -0.25) is 4.79 Å². The molecule has 0 unspecified atom stereocenters. The molecule has 104 valence electrons. The average Bonchev–Trinajstić information content (AvgIpc) is 2.37. The van der Waals surface area contributed by atoms with Crippen LogP contribution in [0.5, 0.6) is 0 Å². The minimum Gasteiger partial charge on any atom is -0.350 e. The second-order valence-corrected chi connectivity index (χ2v) is 4.87. The summed E-state index contributed by atoms with van der Waals surface area (Å²) in [6.45, 7) is 4.42. The molecule has 0 heterocycles.